The van der Waals surface area contributed by atoms with Crippen LogP contribution in [0.5, 0.6) is 5.75 Å². The van der Waals surface area contributed by atoms with Crippen molar-refractivity contribution in [1.82, 2.24) is 5.32 Å². The molecule has 0 amide bonds. The predicted molar refractivity (Wildman–Crippen MR) is 63.8 cm³/mol. The van der Waals surface area contributed by atoms with Crippen LogP contribution in [0.4, 0.5) is 8.78 Å². The Bertz CT molecular complexity index is 364. The highest BCUT2D eigenvalue weighted by molar-refractivity contribution is 5.29. The van der Waals surface area contributed by atoms with Crippen molar-refractivity contribution < 1.29 is 18.3 Å². The van der Waals surface area contributed by atoms with Crippen LogP contribution in [0.25, 0.3) is 0 Å². The van der Waals surface area contributed by atoms with Gasteiger partial charge in [0.05, 0.1) is 6.61 Å². The van der Waals surface area contributed by atoms with Crippen molar-refractivity contribution in [2.45, 2.75) is 19.1 Å². The molecule has 1 saturated heterocycles. The molecule has 1 aromatic rings. The van der Waals surface area contributed by atoms with Crippen LogP contribution in [0, 0.1) is 5.92 Å². The highest BCUT2D eigenvalue weighted by Gasteiger charge is 2.25. The largest absolute Gasteiger partial charge is 0.435 e. The summed E-state index contributed by atoms with van der Waals surface area (Å²) in [6.07, 6.45) is 1.01. The fourth-order valence-corrected chi connectivity index (χ4v) is 2.35. The smallest absolute Gasteiger partial charge is 0.387 e. The van der Waals surface area contributed by atoms with Gasteiger partial charge in [0.15, 0.2) is 0 Å². The highest BCUT2D eigenvalue weighted by Crippen LogP contribution is 2.29. The molecule has 0 bridgehead atoms. The van der Waals surface area contributed by atoms with Crippen molar-refractivity contribution in [3.63, 3.8) is 0 Å². The lowest BCUT2D eigenvalue weighted by atomic mass is 9.92. The molecular weight excluding hydrogens is 240 g/mol. The van der Waals surface area contributed by atoms with Crippen LogP contribution >= 0.6 is 0 Å². The van der Waals surface area contributed by atoms with E-state index in [1.165, 1.54) is 0 Å². The monoisotopic (exact) mass is 257 g/mol. The van der Waals surface area contributed by atoms with Gasteiger partial charge in [0.1, 0.15) is 5.75 Å². The van der Waals surface area contributed by atoms with Crippen LogP contribution in [0.15, 0.2) is 24.3 Å². The van der Waals surface area contributed by atoms with Crippen molar-refractivity contribution >= 4 is 0 Å². The van der Waals surface area contributed by atoms with Gasteiger partial charge < -0.3 is 14.8 Å². The first kappa shape index (κ1) is 13.2. The molecule has 0 aliphatic carbocycles. The van der Waals surface area contributed by atoms with Crippen molar-refractivity contribution in [2.75, 3.05) is 20.3 Å². The van der Waals surface area contributed by atoms with Gasteiger partial charge in [-0.15, -0.1) is 0 Å². The Kier molecular flexibility index (Phi) is 4.49. The summed E-state index contributed by atoms with van der Waals surface area (Å²) in [5.74, 6) is 0.614. The predicted octanol–water partition coefficient (Wildman–Crippen LogP) is 2.59. The minimum Gasteiger partial charge on any atom is -0.435 e. The van der Waals surface area contributed by atoms with E-state index in [0.29, 0.717) is 5.92 Å². The third kappa shape index (κ3) is 3.17. The standard InChI is InChI=1S/C13H17F2NO2/c1-16-12(10-6-7-17-8-10)9-2-4-11(5-3-9)18-13(14)15/h2-5,10,12-13,16H,6-8H2,1H3. The fourth-order valence-electron chi connectivity index (χ4n) is 2.35. The Labute approximate surface area is 105 Å². The van der Waals surface area contributed by atoms with Crippen molar-refractivity contribution in [3.8, 4) is 5.75 Å². The number of hydrogen-bond acceptors (Lipinski definition) is 3. The topological polar surface area (TPSA) is 30.5 Å². The van der Waals surface area contributed by atoms with E-state index in [2.05, 4.69) is 10.1 Å². The molecule has 1 fully saturated rings. The zero-order valence-corrected chi connectivity index (χ0v) is 10.2. The second-order valence-electron chi connectivity index (χ2n) is 4.34. The molecule has 2 rings (SSSR count). The lowest BCUT2D eigenvalue weighted by Gasteiger charge is -2.22. The molecule has 2 unspecified atom stereocenters. The Morgan fingerprint density at radius 3 is 2.56 bits per heavy atom. The van der Waals surface area contributed by atoms with Gasteiger partial charge in [0.2, 0.25) is 0 Å². The minimum absolute atomic E-state index is 0.186. The second kappa shape index (κ2) is 6.11. The Hall–Kier alpha value is -1.20. The molecule has 2 atom stereocenters. The number of rotatable bonds is 5. The molecule has 1 heterocycles. The van der Waals surface area contributed by atoms with Crippen molar-refractivity contribution in [3.05, 3.63) is 29.8 Å². The quantitative estimate of drug-likeness (QED) is 0.879. The minimum atomic E-state index is -2.78. The summed E-state index contributed by atoms with van der Waals surface area (Å²) >= 11 is 0. The summed E-state index contributed by atoms with van der Waals surface area (Å²) in [6, 6.07) is 6.96. The second-order valence-corrected chi connectivity index (χ2v) is 4.34. The number of halogens is 2. The van der Waals surface area contributed by atoms with Crippen LogP contribution in [-0.4, -0.2) is 26.9 Å². The van der Waals surface area contributed by atoms with Crippen LogP contribution in [0.1, 0.15) is 18.0 Å². The average Bonchev–Trinajstić information content (AvgIpc) is 2.85. The van der Waals surface area contributed by atoms with Gasteiger partial charge in [0, 0.05) is 18.6 Å². The van der Waals surface area contributed by atoms with E-state index < -0.39 is 6.61 Å². The maximum Gasteiger partial charge on any atom is 0.387 e. The van der Waals surface area contributed by atoms with Gasteiger partial charge in [-0.2, -0.15) is 8.78 Å². The Morgan fingerprint density at radius 1 is 1.33 bits per heavy atom. The molecule has 100 valence electrons. The molecule has 5 heteroatoms. The van der Waals surface area contributed by atoms with Crippen molar-refractivity contribution in [1.29, 1.82) is 0 Å². The first-order chi connectivity index (χ1) is 8.70. The van der Waals surface area contributed by atoms with E-state index in [4.69, 9.17) is 4.74 Å². The van der Waals surface area contributed by atoms with E-state index >= 15 is 0 Å². The molecule has 18 heavy (non-hydrogen) atoms. The summed E-state index contributed by atoms with van der Waals surface area (Å²) in [6.45, 7) is -1.25. The SMILES string of the molecule is CNC(c1ccc(OC(F)F)cc1)C1CCOC1. The highest BCUT2D eigenvalue weighted by atomic mass is 19.3. The summed E-state index contributed by atoms with van der Waals surface area (Å²) in [4.78, 5) is 0. The maximum absolute atomic E-state index is 12.0. The van der Waals surface area contributed by atoms with Gasteiger partial charge in [0.25, 0.3) is 0 Å². The number of benzene rings is 1. The molecular formula is C13H17F2NO2. The van der Waals surface area contributed by atoms with Gasteiger partial charge >= 0.3 is 6.61 Å². The van der Waals surface area contributed by atoms with Crippen LogP contribution in [-0.2, 0) is 4.74 Å². The van der Waals surface area contributed by atoms with E-state index in [0.717, 1.165) is 25.2 Å². The summed E-state index contributed by atoms with van der Waals surface area (Å²) in [5, 5.41) is 3.25. The maximum atomic E-state index is 12.0. The van der Waals surface area contributed by atoms with Gasteiger partial charge in [-0.25, -0.2) is 0 Å². The lowest BCUT2D eigenvalue weighted by molar-refractivity contribution is -0.0498. The van der Waals surface area contributed by atoms with E-state index in [9.17, 15) is 8.78 Å². The number of hydrogen-bond donors (Lipinski definition) is 1. The van der Waals surface area contributed by atoms with E-state index in [1.54, 1.807) is 12.1 Å². The zero-order chi connectivity index (χ0) is 13.0. The van der Waals surface area contributed by atoms with Crippen LogP contribution in [0.2, 0.25) is 0 Å². The first-order valence-electron chi connectivity index (χ1n) is 6.00. The zero-order valence-electron chi connectivity index (χ0n) is 10.2. The average molecular weight is 257 g/mol. The molecule has 0 spiro atoms. The Balaban J connectivity index is 2.06. The van der Waals surface area contributed by atoms with E-state index in [-0.39, 0.29) is 11.8 Å². The molecule has 0 radical (unpaired) electrons. The number of ether oxygens (including phenoxy) is 2. The van der Waals surface area contributed by atoms with Gasteiger partial charge in [-0.1, -0.05) is 12.1 Å². The summed E-state index contributed by atoms with van der Waals surface area (Å²) in [5.41, 5.74) is 1.06. The van der Waals surface area contributed by atoms with E-state index in [1.807, 2.05) is 19.2 Å². The first-order valence-corrected chi connectivity index (χ1v) is 6.00. The molecule has 0 saturated carbocycles. The molecule has 1 aliphatic rings. The van der Waals surface area contributed by atoms with Crippen LogP contribution in [0.3, 0.4) is 0 Å². The molecule has 0 aromatic heterocycles. The third-order valence-electron chi connectivity index (χ3n) is 3.21. The van der Waals surface area contributed by atoms with Crippen molar-refractivity contribution in [2.24, 2.45) is 5.92 Å². The van der Waals surface area contributed by atoms with Crippen LogP contribution < -0.4 is 10.1 Å². The third-order valence-corrected chi connectivity index (χ3v) is 3.21. The number of nitrogens with one attached hydrogen (secondary N) is 1. The molecule has 3 nitrogen and oxygen atoms in total. The summed E-state index contributed by atoms with van der Waals surface area (Å²) in [7, 11) is 1.90. The number of alkyl halides is 2. The summed E-state index contributed by atoms with van der Waals surface area (Å²) < 4.78 is 33.8. The van der Waals surface area contributed by atoms with Gasteiger partial charge in [-0.05, 0) is 31.2 Å². The molecule has 1 aromatic carbocycles. The normalized spacial score (nSPS) is 21.2. The molecule has 1 aliphatic heterocycles. The Morgan fingerprint density at radius 2 is 2.06 bits per heavy atom. The molecule has 1 N–H and O–H groups in total. The van der Waals surface area contributed by atoms with Gasteiger partial charge in [-0.3, -0.25) is 0 Å². The lowest BCUT2D eigenvalue weighted by Crippen LogP contribution is -2.25. The fraction of sp³-hybridized carbons (Fsp3) is 0.538.